The molecule has 2 unspecified atom stereocenters. The number of nitrogens with one attached hydrogen (secondary N) is 1. The third-order valence-electron chi connectivity index (χ3n) is 2.97. The lowest BCUT2D eigenvalue weighted by molar-refractivity contribution is -0.149. The number of carbonyl (C=O) groups excluding carboxylic acids is 1. The molecule has 2 atom stereocenters. The Hall–Kier alpha value is -0.750. The number of amides is 1. The second kappa shape index (κ2) is 7.63. The molecule has 0 aromatic carbocycles. The van der Waals surface area contributed by atoms with E-state index in [-0.39, 0.29) is 11.3 Å². The van der Waals surface area contributed by atoms with E-state index in [1.165, 1.54) is 0 Å². The van der Waals surface area contributed by atoms with Gasteiger partial charge in [-0.3, -0.25) is 4.79 Å². The van der Waals surface area contributed by atoms with Gasteiger partial charge in [-0.05, 0) is 13.0 Å². The quantitative estimate of drug-likeness (QED) is 0.681. The normalized spacial score (nSPS) is 23.3. The third kappa shape index (κ3) is 3.88. The number of carboxylic acid groups (broad SMARTS) is 1. The highest BCUT2D eigenvalue weighted by Crippen LogP contribution is 2.32. The standard InChI is InChI=1S/C12H22N2O3S/c1-3-5-11-14(9(8-18-11)12(16)17)10(15)6-7-13-4-2/h9,11,13H,3-8H2,1-2H3,(H,16,17). The predicted molar refractivity (Wildman–Crippen MR) is 72.6 cm³/mol. The first kappa shape index (κ1) is 15.3. The Morgan fingerprint density at radius 2 is 2.17 bits per heavy atom. The number of rotatable bonds is 7. The number of carboxylic acids is 1. The van der Waals surface area contributed by atoms with E-state index in [9.17, 15) is 9.59 Å². The average Bonchev–Trinajstić information content (AvgIpc) is 2.73. The molecule has 0 aliphatic carbocycles. The smallest absolute Gasteiger partial charge is 0.327 e. The largest absolute Gasteiger partial charge is 0.480 e. The second-order valence-electron chi connectivity index (χ2n) is 4.34. The van der Waals surface area contributed by atoms with Crippen LogP contribution in [0.2, 0.25) is 0 Å². The molecule has 2 N–H and O–H groups in total. The van der Waals surface area contributed by atoms with Gasteiger partial charge in [-0.15, -0.1) is 11.8 Å². The van der Waals surface area contributed by atoms with Crippen molar-refractivity contribution in [1.29, 1.82) is 0 Å². The number of hydrogen-bond donors (Lipinski definition) is 2. The summed E-state index contributed by atoms with van der Waals surface area (Å²) in [5.41, 5.74) is 0. The first-order chi connectivity index (χ1) is 8.61. The number of carbonyl (C=O) groups is 2. The topological polar surface area (TPSA) is 69.6 Å². The minimum Gasteiger partial charge on any atom is -0.480 e. The third-order valence-corrected chi connectivity index (χ3v) is 4.32. The van der Waals surface area contributed by atoms with Gasteiger partial charge in [0, 0.05) is 18.7 Å². The highest BCUT2D eigenvalue weighted by Gasteiger charge is 2.40. The molecule has 1 amide bonds. The van der Waals surface area contributed by atoms with E-state index in [2.05, 4.69) is 12.2 Å². The molecule has 104 valence electrons. The van der Waals surface area contributed by atoms with Crippen molar-refractivity contribution in [3.05, 3.63) is 0 Å². The molecular weight excluding hydrogens is 252 g/mol. The lowest BCUT2D eigenvalue weighted by Gasteiger charge is -2.27. The molecule has 1 aliphatic rings. The zero-order valence-electron chi connectivity index (χ0n) is 11.0. The molecule has 0 bridgehead atoms. The molecule has 18 heavy (non-hydrogen) atoms. The summed E-state index contributed by atoms with van der Waals surface area (Å²) in [4.78, 5) is 24.9. The van der Waals surface area contributed by atoms with Crippen LogP contribution in [-0.4, -0.2) is 52.1 Å². The summed E-state index contributed by atoms with van der Waals surface area (Å²) in [5.74, 6) is -0.433. The van der Waals surface area contributed by atoms with E-state index < -0.39 is 12.0 Å². The SMILES string of the molecule is CCCC1SCC(C(=O)O)N1C(=O)CCNCC. The van der Waals surface area contributed by atoms with Gasteiger partial charge in [0.1, 0.15) is 6.04 Å². The summed E-state index contributed by atoms with van der Waals surface area (Å²) in [5, 5.41) is 12.3. The first-order valence-corrected chi connectivity index (χ1v) is 7.53. The van der Waals surface area contributed by atoms with Gasteiger partial charge in [0.25, 0.3) is 0 Å². The molecular formula is C12H22N2O3S. The molecule has 0 radical (unpaired) electrons. The summed E-state index contributed by atoms with van der Waals surface area (Å²) in [6.07, 6.45) is 2.20. The van der Waals surface area contributed by atoms with Crippen LogP contribution in [0.1, 0.15) is 33.1 Å². The maximum absolute atomic E-state index is 12.1. The number of nitrogens with zero attached hydrogens (tertiary/aromatic N) is 1. The van der Waals surface area contributed by atoms with Crippen LogP contribution in [0.4, 0.5) is 0 Å². The molecule has 1 heterocycles. The van der Waals surface area contributed by atoms with Crippen molar-refractivity contribution >= 4 is 23.6 Å². The van der Waals surface area contributed by atoms with Gasteiger partial charge in [0.2, 0.25) is 5.91 Å². The average molecular weight is 274 g/mol. The summed E-state index contributed by atoms with van der Waals surface area (Å²) in [6.45, 7) is 5.47. The van der Waals surface area contributed by atoms with Gasteiger partial charge in [-0.2, -0.15) is 0 Å². The Morgan fingerprint density at radius 3 is 2.72 bits per heavy atom. The first-order valence-electron chi connectivity index (χ1n) is 6.48. The fraction of sp³-hybridized carbons (Fsp3) is 0.833. The van der Waals surface area contributed by atoms with Crippen LogP contribution in [0.15, 0.2) is 0 Å². The van der Waals surface area contributed by atoms with Crippen molar-refractivity contribution in [2.75, 3.05) is 18.8 Å². The predicted octanol–water partition coefficient (Wildman–Crippen LogP) is 1.14. The van der Waals surface area contributed by atoms with E-state index in [0.717, 1.165) is 19.4 Å². The van der Waals surface area contributed by atoms with E-state index in [1.54, 1.807) is 16.7 Å². The maximum atomic E-state index is 12.1. The second-order valence-corrected chi connectivity index (χ2v) is 5.55. The Kier molecular flexibility index (Phi) is 6.49. The molecule has 1 fully saturated rings. The van der Waals surface area contributed by atoms with Gasteiger partial charge in [0.15, 0.2) is 0 Å². The molecule has 0 aromatic rings. The van der Waals surface area contributed by atoms with E-state index in [1.807, 2.05) is 6.92 Å². The molecule has 1 aliphatic heterocycles. The van der Waals surface area contributed by atoms with Crippen LogP contribution in [0.5, 0.6) is 0 Å². The van der Waals surface area contributed by atoms with E-state index in [4.69, 9.17) is 5.11 Å². The summed E-state index contributed by atoms with van der Waals surface area (Å²) < 4.78 is 0. The van der Waals surface area contributed by atoms with Crippen molar-refractivity contribution < 1.29 is 14.7 Å². The van der Waals surface area contributed by atoms with Gasteiger partial charge in [-0.25, -0.2) is 4.79 Å². The number of aliphatic carboxylic acids is 1. The minimum atomic E-state index is -0.891. The summed E-state index contributed by atoms with van der Waals surface area (Å²) >= 11 is 1.58. The van der Waals surface area contributed by atoms with Gasteiger partial charge >= 0.3 is 5.97 Å². The van der Waals surface area contributed by atoms with Crippen LogP contribution in [0.3, 0.4) is 0 Å². The molecule has 1 rings (SSSR count). The Labute approximate surface area is 112 Å². The van der Waals surface area contributed by atoms with Gasteiger partial charge in [-0.1, -0.05) is 20.3 Å². The van der Waals surface area contributed by atoms with Crippen LogP contribution in [-0.2, 0) is 9.59 Å². The van der Waals surface area contributed by atoms with Crippen LogP contribution in [0.25, 0.3) is 0 Å². The van der Waals surface area contributed by atoms with Gasteiger partial charge in [0.05, 0.1) is 5.37 Å². The fourth-order valence-corrected chi connectivity index (χ4v) is 3.59. The van der Waals surface area contributed by atoms with Crippen molar-refractivity contribution in [3.63, 3.8) is 0 Å². The molecule has 0 saturated carbocycles. The fourth-order valence-electron chi connectivity index (χ4n) is 2.06. The van der Waals surface area contributed by atoms with Crippen LogP contribution >= 0.6 is 11.8 Å². The van der Waals surface area contributed by atoms with E-state index >= 15 is 0 Å². The summed E-state index contributed by atoms with van der Waals surface area (Å²) in [7, 11) is 0. The number of thioether (sulfide) groups is 1. The molecule has 1 saturated heterocycles. The van der Waals surface area contributed by atoms with Crippen molar-refractivity contribution in [1.82, 2.24) is 10.2 Å². The maximum Gasteiger partial charge on any atom is 0.327 e. The zero-order valence-corrected chi connectivity index (χ0v) is 11.8. The van der Waals surface area contributed by atoms with Gasteiger partial charge < -0.3 is 15.3 Å². The lowest BCUT2D eigenvalue weighted by atomic mass is 10.2. The highest BCUT2D eigenvalue weighted by molar-refractivity contribution is 8.00. The minimum absolute atomic E-state index is 0.0326. The van der Waals surface area contributed by atoms with Crippen molar-refractivity contribution in [2.24, 2.45) is 0 Å². The Bertz CT molecular complexity index is 299. The molecule has 6 heteroatoms. The Balaban J connectivity index is 2.63. The number of hydrogen-bond acceptors (Lipinski definition) is 4. The lowest BCUT2D eigenvalue weighted by Crippen LogP contribution is -2.46. The molecule has 0 spiro atoms. The molecule has 0 aromatic heterocycles. The molecule has 5 nitrogen and oxygen atoms in total. The monoisotopic (exact) mass is 274 g/mol. The van der Waals surface area contributed by atoms with Crippen LogP contribution < -0.4 is 5.32 Å². The Morgan fingerprint density at radius 1 is 1.44 bits per heavy atom. The zero-order chi connectivity index (χ0) is 13.5. The van der Waals surface area contributed by atoms with Crippen molar-refractivity contribution in [2.45, 2.75) is 44.5 Å². The van der Waals surface area contributed by atoms with E-state index in [0.29, 0.717) is 18.7 Å². The van der Waals surface area contributed by atoms with Crippen LogP contribution in [0, 0.1) is 0 Å². The van der Waals surface area contributed by atoms with Crippen molar-refractivity contribution in [3.8, 4) is 0 Å². The highest BCUT2D eigenvalue weighted by atomic mass is 32.2. The summed E-state index contributed by atoms with van der Waals surface area (Å²) in [6, 6.07) is -0.652.